The van der Waals surface area contributed by atoms with Crippen LogP contribution in [0.4, 0.5) is 4.79 Å². The van der Waals surface area contributed by atoms with E-state index in [2.05, 4.69) is 23.4 Å². The van der Waals surface area contributed by atoms with Crippen LogP contribution in [-0.2, 0) is 0 Å². The van der Waals surface area contributed by atoms with Crippen LogP contribution in [-0.4, -0.2) is 46.2 Å². The number of nitrogens with zero attached hydrogens (tertiary/aromatic N) is 3. The monoisotopic (exact) mass is 273 g/mol. The van der Waals surface area contributed by atoms with E-state index in [4.69, 9.17) is 5.73 Å². The van der Waals surface area contributed by atoms with Gasteiger partial charge in [-0.15, -0.1) is 0 Å². The highest BCUT2D eigenvalue weighted by molar-refractivity contribution is 5.73. The van der Waals surface area contributed by atoms with Crippen LogP contribution in [0.2, 0.25) is 0 Å². The third-order valence-corrected chi connectivity index (χ3v) is 4.10. The summed E-state index contributed by atoms with van der Waals surface area (Å²) in [6.45, 7) is 4.35. The van der Waals surface area contributed by atoms with Gasteiger partial charge in [-0.05, 0) is 17.7 Å². The van der Waals surface area contributed by atoms with E-state index in [1.807, 2.05) is 22.8 Å². The number of hydrogen-bond donors (Lipinski definition) is 2. The van der Waals surface area contributed by atoms with Gasteiger partial charge in [-0.25, -0.2) is 9.31 Å². The molecule has 1 unspecified atom stereocenters. The van der Waals surface area contributed by atoms with Gasteiger partial charge in [0.05, 0.1) is 11.6 Å². The smallest absolute Gasteiger partial charge is 0.315 e. The van der Waals surface area contributed by atoms with Gasteiger partial charge >= 0.3 is 6.03 Å². The van der Waals surface area contributed by atoms with Gasteiger partial charge in [-0.3, -0.25) is 0 Å². The lowest BCUT2D eigenvalue weighted by Gasteiger charge is -2.38. The fourth-order valence-corrected chi connectivity index (χ4v) is 3.01. The normalized spacial score (nSPS) is 21.1. The number of pyridine rings is 1. The number of carbonyl (C=O) groups excluding carboxylic acids is 1. The summed E-state index contributed by atoms with van der Waals surface area (Å²) < 4.78 is 1.86. The van der Waals surface area contributed by atoms with Crippen molar-refractivity contribution in [2.24, 2.45) is 5.73 Å². The Morgan fingerprint density at radius 3 is 3.20 bits per heavy atom. The second-order valence-corrected chi connectivity index (χ2v) is 5.22. The van der Waals surface area contributed by atoms with Crippen molar-refractivity contribution >= 4 is 11.5 Å². The number of fused-ring (bicyclic) bond motifs is 1. The van der Waals surface area contributed by atoms with Crippen molar-refractivity contribution in [3.8, 4) is 0 Å². The highest BCUT2D eigenvalue weighted by Gasteiger charge is 2.31. The van der Waals surface area contributed by atoms with Crippen molar-refractivity contribution in [2.45, 2.75) is 18.9 Å². The molecule has 1 fully saturated rings. The molecule has 0 aliphatic carbocycles. The maximum atomic E-state index is 11.6. The van der Waals surface area contributed by atoms with Gasteiger partial charge in [0.15, 0.2) is 0 Å². The predicted octanol–water partition coefficient (Wildman–Crippen LogP) is 0.790. The predicted molar refractivity (Wildman–Crippen MR) is 76.6 cm³/mol. The molecule has 3 N–H and O–H groups in total. The van der Waals surface area contributed by atoms with Crippen molar-refractivity contribution < 1.29 is 4.79 Å². The van der Waals surface area contributed by atoms with Crippen molar-refractivity contribution in [1.82, 2.24) is 19.8 Å². The summed E-state index contributed by atoms with van der Waals surface area (Å²) in [5.41, 5.74) is 7.77. The Morgan fingerprint density at radius 2 is 2.40 bits per heavy atom. The Kier molecular flexibility index (Phi) is 3.31. The number of nitrogens with two attached hydrogens (primary N) is 1. The fourth-order valence-electron chi connectivity index (χ4n) is 3.01. The number of rotatable bonds is 2. The van der Waals surface area contributed by atoms with Crippen LogP contribution in [0.5, 0.6) is 0 Å². The molecule has 2 aromatic heterocycles. The standard InChI is InChI=1S/C14H19N5O/c1-10(13-9-16-6-8-18(13)14(15)20)11-3-2-7-19-12(11)4-5-17-19/h2-5,7,10,13,16H,6,8-9H2,1H3,(H2,15,20)/t10-,13?/m0/s1. The average molecular weight is 273 g/mol. The van der Waals surface area contributed by atoms with E-state index >= 15 is 0 Å². The third kappa shape index (κ3) is 2.12. The third-order valence-electron chi connectivity index (χ3n) is 4.10. The molecule has 6 heteroatoms. The molecule has 0 radical (unpaired) electrons. The van der Waals surface area contributed by atoms with E-state index in [-0.39, 0.29) is 18.0 Å². The highest BCUT2D eigenvalue weighted by atomic mass is 16.2. The zero-order valence-corrected chi connectivity index (χ0v) is 11.5. The van der Waals surface area contributed by atoms with E-state index < -0.39 is 0 Å². The van der Waals surface area contributed by atoms with Crippen LogP contribution in [0.25, 0.3) is 5.52 Å². The van der Waals surface area contributed by atoms with Gasteiger partial charge in [-0.1, -0.05) is 13.0 Å². The first-order chi connectivity index (χ1) is 9.68. The molecular formula is C14H19N5O. The number of carbonyl (C=O) groups is 1. The summed E-state index contributed by atoms with van der Waals surface area (Å²) in [6.07, 6.45) is 3.72. The zero-order valence-electron chi connectivity index (χ0n) is 11.5. The lowest BCUT2D eigenvalue weighted by atomic mass is 9.91. The maximum Gasteiger partial charge on any atom is 0.315 e. The summed E-state index contributed by atoms with van der Waals surface area (Å²) in [6, 6.07) is 5.80. The number of piperazine rings is 1. The van der Waals surface area contributed by atoms with Crippen LogP contribution < -0.4 is 11.1 Å². The summed E-state index contributed by atoms with van der Waals surface area (Å²) in [5, 5.41) is 7.60. The Bertz CT molecular complexity index is 623. The minimum atomic E-state index is -0.344. The van der Waals surface area contributed by atoms with Gasteiger partial charge < -0.3 is 16.0 Å². The number of aromatic nitrogens is 2. The molecule has 1 aliphatic rings. The summed E-state index contributed by atoms with van der Waals surface area (Å²) in [7, 11) is 0. The first-order valence-electron chi connectivity index (χ1n) is 6.87. The largest absolute Gasteiger partial charge is 0.351 e. The number of urea groups is 1. The van der Waals surface area contributed by atoms with Crippen molar-refractivity contribution in [3.05, 3.63) is 36.2 Å². The van der Waals surface area contributed by atoms with E-state index in [9.17, 15) is 4.79 Å². The second-order valence-electron chi connectivity index (χ2n) is 5.22. The molecular weight excluding hydrogens is 254 g/mol. The first-order valence-corrected chi connectivity index (χ1v) is 6.87. The molecule has 1 saturated heterocycles. The van der Waals surface area contributed by atoms with E-state index in [1.165, 1.54) is 5.56 Å². The van der Waals surface area contributed by atoms with Crippen LogP contribution in [0, 0.1) is 0 Å². The first kappa shape index (κ1) is 12.9. The summed E-state index contributed by atoms with van der Waals surface area (Å²) in [4.78, 5) is 13.4. The van der Waals surface area contributed by atoms with Gasteiger partial charge in [0.1, 0.15) is 0 Å². The Balaban J connectivity index is 1.96. The fraction of sp³-hybridized carbons (Fsp3) is 0.429. The van der Waals surface area contributed by atoms with Crippen molar-refractivity contribution in [1.29, 1.82) is 0 Å². The van der Waals surface area contributed by atoms with Crippen molar-refractivity contribution in [3.63, 3.8) is 0 Å². The molecule has 3 heterocycles. The molecule has 6 nitrogen and oxygen atoms in total. The SMILES string of the molecule is C[C@@H](c1cccn2nccc12)C1CNCCN1C(N)=O. The van der Waals surface area contributed by atoms with E-state index in [1.54, 1.807) is 11.1 Å². The summed E-state index contributed by atoms with van der Waals surface area (Å²) >= 11 is 0. The number of amides is 2. The molecule has 0 spiro atoms. The molecule has 106 valence electrons. The van der Waals surface area contributed by atoms with Crippen LogP contribution in [0.1, 0.15) is 18.4 Å². The van der Waals surface area contributed by atoms with Crippen LogP contribution in [0.3, 0.4) is 0 Å². The van der Waals surface area contributed by atoms with E-state index in [0.717, 1.165) is 18.6 Å². The molecule has 20 heavy (non-hydrogen) atoms. The molecule has 2 aromatic rings. The Labute approximate surface area is 117 Å². The summed E-state index contributed by atoms with van der Waals surface area (Å²) in [5.74, 6) is 0.190. The minimum absolute atomic E-state index is 0.0716. The zero-order chi connectivity index (χ0) is 14.1. The molecule has 0 bridgehead atoms. The van der Waals surface area contributed by atoms with Crippen LogP contribution >= 0.6 is 0 Å². The lowest BCUT2D eigenvalue weighted by molar-refractivity contribution is 0.155. The highest BCUT2D eigenvalue weighted by Crippen LogP contribution is 2.27. The van der Waals surface area contributed by atoms with E-state index in [0.29, 0.717) is 6.54 Å². The quantitative estimate of drug-likeness (QED) is 0.849. The molecule has 2 atom stereocenters. The minimum Gasteiger partial charge on any atom is -0.351 e. The Hall–Kier alpha value is -2.08. The molecule has 0 aromatic carbocycles. The molecule has 0 saturated carbocycles. The van der Waals surface area contributed by atoms with Gasteiger partial charge in [-0.2, -0.15) is 5.10 Å². The number of primary amides is 1. The van der Waals surface area contributed by atoms with Gasteiger partial charge in [0.25, 0.3) is 0 Å². The lowest BCUT2D eigenvalue weighted by Crippen LogP contribution is -2.57. The number of nitrogens with one attached hydrogen (secondary N) is 1. The van der Waals surface area contributed by atoms with Gasteiger partial charge in [0, 0.05) is 37.9 Å². The number of hydrogen-bond acceptors (Lipinski definition) is 3. The van der Waals surface area contributed by atoms with Crippen molar-refractivity contribution in [2.75, 3.05) is 19.6 Å². The average Bonchev–Trinajstić information content (AvgIpc) is 2.94. The second kappa shape index (κ2) is 5.13. The maximum absolute atomic E-state index is 11.6. The molecule has 3 rings (SSSR count). The molecule has 2 amide bonds. The topological polar surface area (TPSA) is 75.7 Å². The van der Waals surface area contributed by atoms with Crippen LogP contribution in [0.15, 0.2) is 30.6 Å². The van der Waals surface area contributed by atoms with Gasteiger partial charge in [0.2, 0.25) is 0 Å². The Morgan fingerprint density at radius 1 is 1.55 bits per heavy atom. The molecule has 1 aliphatic heterocycles.